The number of likely N-dealkylation sites (tertiary alicyclic amines) is 1. The number of rotatable bonds is 7. The van der Waals surface area contributed by atoms with Crippen LogP contribution in [0.5, 0.6) is 0 Å². The Labute approximate surface area is 168 Å². The van der Waals surface area contributed by atoms with Gasteiger partial charge in [-0.1, -0.05) is 24.0 Å². The molecule has 1 aromatic heterocycles. The molecule has 0 saturated carbocycles. The average Bonchev–Trinajstić information content (AvgIpc) is 3.26. The summed E-state index contributed by atoms with van der Waals surface area (Å²) in [5.41, 5.74) is 0. The lowest BCUT2D eigenvalue weighted by molar-refractivity contribution is -0.135. The Morgan fingerprint density at radius 2 is 2.30 bits per heavy atom. The molecule has 3 heterocycles. The normalized spacial score (nSPS) is 22.1. The highest BCUT2D eigenvalue weighted by molar-refractivity contribution is 8.26. The van der Waals surface area contributed by atoms with Crippen LogP contribution in [0.3, 0.4) is 0 Å². The number of carbonyl (C=O) groups is 2. The highest BCUT2D eigenvalue weighted by Gasteiger charge is 2.32. The molecule has 2 saturated heterocycles. The first-order valence-electron chi connectivity index (χ1n) is 9.29. The van der Waals surface area contributed by atoms with Crippen molar-refractivity contribution in [1.82, 2.24) is 9.80 Å². The number of hydrogen-bond acceptors (Lipinski definition) is 6. The maximum absolute atomic E-state index is 12.6. The molecule has 1 aromatic rings. The number of aliphatic hydroxyl groups is 1. The van der Waals surface area contributed by atoms with Crippen LogP contribution in [0.1, 0.15) is 44.3 Å². The van der Waals surface area contributed by atoms with E-state index in [0.29, 0.717) is 40.8 Å². The van der Waals surface area contributed by atoms with Gasteiger partial charge < -0.3 is 14.4 Å². The van der Waals surface area contributed by atoms with E-state index in [1.54, 1.807) is 29.4 Å². The summed E-state index contributed by atoms with van der Waals surface area (Å²) in [6, 6.07) is 3.69. The van der Waals surface area contributed by atoms with Gasteiger partial charge in [-0.3, -0.25) is 14.5 Å². The third-order valence-corrected chi connectivity index (χ3v) is 6.25. The Kier molecular flexibility index (Phi) is 7.09. The SMILES string of the molecule is O=C1C(=Cc2ccco2)SC(=S)N1CCCC(=O)N1CCCCC1CCO. The van der Waals surface area contributed by atoms with E-state index in [1.165, 1.54) is 11.8 Å². The van der Waals surface area contributed by atoms with Gasteiger partial charge in [0.15, 0.2) is 0 Å². The van der Waals surface area contributed by atoms with Gasteiger partial charge in [0, 0.05) is 38.2 Å². The summed E-state index contributed by atoms with van der Waals surface area (Å²) in [5.74, 6) is 0.584. The molecule has 6 nitrogen and oxygen atoms in total. The molecule has 0 aromatic carbocycles. The standard InChI is InChI=1S/C19H24N2O4S2/c22-11-8-14-5-1-2-9-20(14)17(23)7-3-10-21-18(24)16(27-19(21)26)13-15-6-4-12-25-15/h4,6,12-14,22H,1-3,5,7-11H2. The minimum absolute atomic E-state index is 0.102. The number of piperidine rings is 1. The number of carbonyl (C=O) groups excluding carboxylic acids is 2. The van der Waals surface area contributed by atoms with Gasteiger partial charge in [-0.25, -0.2) is 0 Å². The summed E-state index contributed by atoms with van der Waals surface area (Å²) in [5, 5.41) is 9.20. The predicted molar refractivity (Wildman–Crippen MR) is 109 cm³/mol. The molecule has 2 aliphatic heterocycles. The number of amides is 2. The minimum Gasteiger partial charge on any atom is -0.465 e. The van der Waals surface area contributed by atoms with Crippen molar-refractivity contribution in [3.8, 4) is 0 Å². The van der Waals surface area contributed by atoms with Crippen LogP contribution >= 0.6 is 24.0 Å². The summed E-state index contributed by atoms with van der Waals surface area (Å²) in [6.07, 6.45) is 7.92. The third kappa shape index (κ3) is 5.00. The summed E-state index contributed by atoms with van der Waals surface area (Å²) in [4.78, 5) is 29.1. The molecule has 0 radical (unpaired) electrons. The maximum atomic E-state index is 12.6. The highest BCUT2D eigenvalue weighted by atomic mass is 32.2. The molecule has 0 bridgehead atoms. The summed E-state index contributed by atoms with van der Waals surface area (Å²) < 4.78 is 5.77. The van der Waals surface area contributed by atoms with Crippen LogP contribution in [0.15, 0.2) is 27.7 Å². The fourth-order valence-corrected chi connectivity index (χ4v) is 4.79. The van der Waals surface area contributed by atoms with Crippen LogP contribution in [0.4, 0.5) is 0 Å². The molecule has 2 aliphatic rings. The van der Waals surface area contributed by atoms with Gasteiger partial charge in [-0.15, -0.1) is 0 Å². The molecule has 8 heteroatoms. The molecule has 1 N–H and O–H groups in total. The van der Waals surface area contributed by atoms with Gasteiger partial charge in [0.1, 0.15) is 10.1 Å². The molecule has 0 spiro atoms. The Balaban J connectivity index is 1.51. The summed E-state index contributed by atoms with van der Waals surface area (Å²) in [7, 11) is 0. The van der Waals surface area contributed by atoms with Gasteiger partial charge in [-0.2, -0.15) is 0 Å². The molecule has 3 rings (SSSR count). The highest BCUT2D eigenvalue weighted by Crippen LogP contribution is 2.32. The third-order valence-electron chi connectivity index (χ3n) is 4.87. The Hall–Kier alpha value is -1.64. The average molecular weight is 409 g/mol. The van der Waals surface area contributed by atoms with Crippen LogP contribution in [0.2, 0.25) is 0 Å². The number of aliphatic hydroxyl groups excluding tert-OH is 1. The molecule has 1 atom stereocenters. The molecule has 27 heavy (non-hydrogen) atoms. The Morgan fingerprint density at radius 1 is 1.44 bits per heavy atom. The van der Waals surface area contributed by atoms with E-state index in [-0.39, 0.29) is 24.5 Å². The van der Waals surface area contributed by atoms with E-state index in [4.69, 9.17) is 16.6 Å². The zero-order valence-electron chi connectivity index (χ0n) is 15.1. The van der Waals surface area contributed by atoms with E-state index in [9.17, 15) is 14.7 Å². The van der Waals surface area contributed by atoms with Crippen molar-refractivity contribution in [2.45, 2.75) is 44.6 Å². The van der Waals surface area contributed by atoms with Crippen molar-refractivity contribution in [3.63, 3.8) is 0 Å². The van der Waals surface area contributed by atoms with Crippen LogP contribution in [0, 0.1) is 0 Å². The van der Waals surface area contributed by atoms with Crippen molar-refractivity contribution < 1.29 is 19.1 Å². The van der Waals surface area contributed by atoms with Crippen molar-refractivity contribution in [2.75, 3.05) is 19.7 Å². The van der Waals surface area contributed by atoms with E-state index < -0.39 is 0 Å². The lowest BCUT2D eigenvalue weighted by atomic mass is 9.99. The van der Waals surface area contributed by atoms with Crippen molar-refractivity contribution in [3.05, 3.63) is 29.1 Å². The van der Waals surface area contributed by atoms with E-state index >= 15 is 0 Å². The zero-order chi connectivity index (χ0) is 19.2. The van der Waals surface area contributed by atoms with Gasteiger partial charge in [0.2, 0.25) is 5.91 Å². The first-order valence-corrected chi connectivity index (χ1v) is 10.5. The van der Waals surface area contributed by atoms with Gasteiger partial charge >= 0.3 is 0 Å². The predicted octanol–water partition coefficient (Wildman–Crippen LogP) is 3.02. The van der Waals surface area contributed by atoms with Crippen LogP contribution in [-0.4, -0.2) is 56.8 Å². The van der Waals surface area contributed by atoms with Gasteiger partial charge in [-0.05, 0) is 44.2 Å². The van der Waals surface area contributed by atoms with Gasteiger partial charge in [0.25, 0.3) is 5.91 Å². The first kappa shape index (κ1) is 20.1. The molecule has 146 valence electrons. The van der Waals surface area contributed by atoms with E-state index in [0.717, 1.165) is 25.8 Å². The summed E-state index contributed by atoms with van der Waals surface area (Å²) >= 11 is 6.58. The molecule has 0 aliphatic carbocycles. The zero-order valence-corrected chi connectivity index (χ0v) is 16.8. The Bertz CT molecular complexity index is 715. The minimum atomic E-state index is -0.134. The fraction of sp³-hybridized carbons (Fsp3) is 0.526. The van der Waals surface area contributed by atoms with Crippen molar-refractivity contribution in [2.24, 2.45) is 0 Å². The number of thioether (sulfide) groups is 1. The van der Waals surface area contributed by atoms with E-state index in [1.807, 2.05) is 4.90 Å². The number of nitrogens with zero attached hydrogens (tertiary/aromatic N) is 2. The molecular formula is C19H24N2O4S2. The smallest absolute Gasteiger partial charge is 0.266 e. The lowest BCUT2D eigenvalue weighted by Crippen LogP contribution is -2.44. The Morgan fingerprint density at radius 3 is 3.04 bits per heavy atom. The van der Waals surface area contributed by atoms with Crippen LogP contribution < -0.4 is 0 Å². The quantitative estimate of drug-likeness (QED) is 0.552. The molecule has 1 unspecified atom stereocenters. The van der Waals surface area contributed by atoms with Crippen molar-refractivity contribution in [1.29, 1.82) is 0 Å². The molecular weight excluding hydrogens is 384 g/mol. The topological polar surface area (TPSA) is 74.0 Å². The van der Waals surface area contributed by atoms with E-state index in [2.05, 4.69) is 0 Å². The lowest BCUT2D eigenvalue weighted by Gasteiger charge is -2.35. The van der Waals surface area contributed by atoms with Crippen LogP contribution in [0.25, 0.3) is 6.08 Å². The monoisotopic (exact) mass is 408 g/mol. The molecule has 2 amide bonds. The van der Waals surface area contributed by atoms with Crippen LogP contribution in [-0.2, 0) is 9.59 Å². The second kappa shape index (κ2) is 9.52. The largest absolute Gasteiger partial charge is 0.465 e. The fourth-order valence-electron chi connectivity index (χ4n) is 3.51. The summed E-state index contributed by atoms with van der Waals surface area (Å²) in [6.45, 7) is 1.30. The second-order valence-electron chi connectivity index (χ2n) is 6.70. The maximum Gasteiger partial charge on any atom is 0.266 e. The first-order chi connectivity index (χ1) is 13.1. The molecule has 2 fully saturated rings. The number of hydrogen-bond donors (Lipinski definition) is 1. The second-order valence-corrected chi connectivity index (χ2v) is 8.38. The number of thiocarbonyl (C=S) groups is 1. The van der Waals surface area contributed by atoms with Gasteiger partial charge in [0.05, 0.1) is 11.2 Å². The number of furan rings is 1. The van der Waals surface area contributed by atoms with Crippen molar-refractivity contribution >= 4 is 46.2 Å².